The van der Waals surface area contributed by atoms with Gasteiger partial charge in [0.2, 0.25) is 0 Å². The van der Waals surface area contributed by atoms with E-state index in [2.05, 4.69) is 23.4 Å². The predicted molar refractivity (Wildman–Crippen MR) is 136 cm³/mol. The van der Waals surface area contributed by atoms with Gasteiger partial charge in [0, 0.05) is 35.2 Å². The first-order valence-corrected chi connectivity index (χ1v) is 15.8. The molecule has 1 fully saturated rings. The molecule has 2 unspecified atom stereocenters. The molecule has 1 aromatic carbocycles. The topological polar surface area (TPSA) is 275 Å². The molecule has 1 aliphatic heterocycles. The van der Waals surface area contributed by atoms with Crippen molar-refractivity contribution in [2.45, 2.75) is 37.1 Å². The molecule has 3 rings (SSSR count). The number of hydrogen-bond donors (Lipinski definition) is 3. The Morgan fingerprint density at radius 1 is 1.29 bits per heavy atom. The molecule has 0 aliphatic carbocycles. The minimum atomic E-state index is -6.76. The van der Waals surface area contributed by atoms with Gasteiger partial charge in [0.15, 0.2) is 0 Å². The van der Waals surface area contributed by atoms with Gasteiger partial charge in [-0.15, -0.1) is 0 Å². The average Bonchev–Trinajstić information content (AvgIpc) is 3.27. The molecule has 0 bridgehead atoms. The van der Waals surface area contributed by atoms with Crippen molar-refractivity contribution in [2.75, 3.05) is 6.61 Å². The molecule has 3 radical (unpaired) electrons. The largest absolute Gasteiger partial charge is 0.459 e. The van der Waals surface area contributed by atoms with Crippen LogP contribution < -0.4 is 15.8 Å². The molecule has 19 nitrogen and oxygen atoms in total. The molecule has 25 heteroatoms. The van der Waals surface area contributed by atoms with E-state index >= 15 is 0 Å². The maximum absolute atomic E-state index is 14.7. The van der Waals surface area contributed by atoms with Crippen LogP contribution in [0.4, 0.5) is 14.5 Å². The molecule has 0 spiro atoms. The number of nitrogens with zero attached hydrogens (tertiary/aromatic N) is 5. The summed E-state index contributed by atoms with van der Waals surface area (Å²) in [5.74, 6) is -0.841. The minimum Gasteiger partial charge on any atom is -0.443 e. The second kappa shape index (κ2) is 12.2. The summed E-state index contributed by atoms with van der Waals surface area (Å²) >= 11 is 0. The van der Waals surface area contributed by atoms with E-state index < -0.39 is 80.7 Å². The Hall–Kier alpha value is -3.18. The van der Waals surface area contributed by atoms with Crippen molar-refractivity contribution >= 4 is 35.9 Å². The maximum Gasteiger partial charge on any atom is 0.459 e. The molecule has 2 aromatic rings. The number of azide groups is 1. The quantitative estimate of drug-likeness (QED) is 0.0564. The monoisotopic (exact) mass is 656 g/mol. The first kappa shape index (κ1) is 33.3. The summed E-state index contributed by atoms with van der Waals surface area (Å²) in [6.45, 7) is 0.384. The summed E-state index contributed by atoms with van der Waals surface area (Å²) in [4.78, 5) is 57.7. The molecular formula is C17H18BF2N6O13P3-. The summed E-state index contributed by atoms with van der Waals surface area (Å²) in [5, 5.41) is 8.44. The molecule has 1 aromatic heterocycles. The van der Waals surface area contributed by atoms with Gasteiger partial charge in [-0.2, -0.15) is 8.78 Å². The number of nitrogens with one attached hydrogen (secondary N) is 1. The van der Waals surface area contributed by atoms with Gasteiger partial charge in [-0.05, 0) is 24.6 Å². The highest BCUT2D eigenvalue weighted by Crippen LogP contribution is 2.78. The molecule has 2 heterocycles. The van der Waals surface area contributed by atoms with Crippen LogP contribution in [0.1, 0.15) is 18.2 Å². The van der Waals surface area contributed by atoms with E-state index in [9.17, 15) is 52.0 Å². The number of aryl methyl sites for hydroxylation is 1. The molecule has 227 valence electrons. The van der Waals surface area contributed by atoms with E-state index in [0.29, 0.717) is 12.1 Å². The van der Waals surface area contributed by atoms with Crippen molar-refractivity contribution < 1.29 is 55.3 Å². The van der Waals surface area contributed by atoms with Crippen molar-refractivity contribution in [3.63, 3.8) is 0 Å². The van der Waals surface area contributed by atoms with Gasteiger partial charge in [0.1, 0.15) is 12.0 Å². The molecule has 0 amide bonds. The summed E-state index contributed by atoms with van der Waals surface area (Å²) < 4.78 is 85.6. The number of aromatic amines is 1. The van der Waals surface area contributed by atoms with Crippen LogP contribution in [0.25, 0.3) is 10.4 Å². The predicted octanol–water partition coefficient (Wildman–Crippen LogP) is 3.03. The van der Waals surface area contributed by atoms with Crippen molar-refractivity contribution in [2.24, 2.45) is 5.11 Å². The highest BCUT2D eigenvalue weighted by Gasteiger charge is 2.68. The first-order valence-electron chi connectivity index (χ1n) is 11.0. The van der Waals surface area contributed by atoms with Crippen molar-refractivity contribution in [3.05, 3.63) is 77.4 Å². The Kier molecular flexibility index (Phi) is 9.69. The van der Waals surface area contributed by atoms with Gasteiger partial charge in [-0.25, -0.2) is 9.36 Å². The minimum absolute atomic E-state index is 0.108. The van der Waals surface area contributed by atoms with Gasteiger partial charge < -0.3 is 35.7 Å². The summed E-state index contributed by atoms with van der Waals surface area (Å²) in [6.07, 6.45) is -1.64. The smallest absolute Gasteiger partial charge is 0.443 e. The number of H-pyrrole nitrogens is 1. The van der Waals surface area contributed by atoms with Gasteiger partial charge in [-0.1, -0.05) is 5.11 Å². The maximum atomic E-state index is 14.7. The van der Waals surface area contributed by atoms with Crippen LogP contribution in [0.5, 0.6) is 5.75 Å². The van der Waals surface area contributed by atoms with Crippen LogP contribution in [-0.4, -0.2) is 56.0 Å². The third kappa shape index (κ3) is 7.23. The average molecular weight is 656 g/mol. The Balaban J connectivity index is 1.73. The number of ether oxygens (including phenoxy) is 1. The van der Waals surface area contributed by atoms with Gasteiger partial charge in [0.25, 0.3) is 11.2 Å². The second-order valence-corrected chi connectivity index (χ2v) is 14.2. The van der Waals surface area contributed by atoms with Crippen LogP contribution in [-0.2, 0) is 27.3 Å². The van der Waals surface area contributed by atoms with E-state index in [-0.39, 0.29) is 12.0 Å². The lowest BCUT2D eigenvalue weighted by molar-refractivity contribution is -0.384. The molecule has 3 N–H and O–H groups in total. The van der Waals surface area contributed by atoms with Crippen molar-refractivity contribution in [1.29, 1.82) is 0 Å². The Bertz CT molecular complexity index is 1680. The van der Waals surface area contributed by atoms with E-state index in [1.807, 2.05) is 4.98 Å². The highest BCUT2D eigenvalue weighted by atomic mass is 31.3. The number of non-ortho nitro benzene ring substituents is 1. The zero-order valence-corrected chi connectivity index (χ0v) is 23.5. The van der Waals surface area contributed by atoms with Gasteiger partial charge in [0.05, 0.1) is 31.2 Å². The van der Waals surface area contributed by atoms with Crippen LogP contribution in [0.15, 0.2) is 45.2 Å². The zero-order chi connectivity index (χ0) is 31.7. The third-order valence-corrected chi connectivity index (χ3v) is 11.1. The summed E-state index contributed by atoms with van der Waals surface area (Å²) in [5.41, 5.74) is 6.80. The molecule has 0 saturated carbocycles. The number of rotatable bonds is 12. The number of aromatic nitrogens is 2. The van der Waals surface area contributed by atoms with Gasteiger partial charge in [-0.3, -0.25) is 33.3 Å². The van der Waals surface area contributed by atoms with Crippen molar-refractivity contribution in [1.82, 2.24) is 9.55 Å². The SMILES string of the molecule is [B-][P@](=O)(OC[C@H]1O[C@@H](n2cc(C)c(=O)[nH]c2=O)C[C@@H]1N=[N+]=[N-])OP(=O)(O)C(F)(F)P(=O)(O)Oc1ccc([N+](=O)[O-])cc1. The van der Waals surface area contributed by atoms with Crippen LogP contribution in [0, 0.1) is 17.0 Å². The van der Waals surface area contributed by atoms with Gasteiger partial charge >= 0.3 is 26.3 Å². The zero-order valence-electron chi connectivity index (χ0n) is 20.8. The number of nitro benzene ring substituents is 1. The summed E-state index contributed by atoms with van der Waals surface area (Å²) in [6, 6.07) is 1.58. The lowest BCUT2D eigenvalue weighted by Gasteiger charge is -2.33. The number of nitro groups is 1. The summed E-state index contributed by atoms with van der Waals surface area (Å²) in [7, 11) is -13.6. The highest BCUT2D eigenvalue weighted by molar-refractivity contribution is 7.86. The van der Waals surface area contributed by atoms with Crippen LogP contribution >= 0.6 is 22.7 Å². The number of benzene rings is 1. The Morgan fingerprint density at radius 3 is 2.48 bits per heavy atom. The number of halogens is 2. The van der Waals surface area contributed by atoms with Crippen molar-refractivity contribution in [3.8, 4) is 5.75 Å². The normalized spacial score (nSPS) is 23.1. The molecule has 1 saturated heterocycles. The number of alkyl halides is 2. The van der Waals surface area contributed by atoms with E-state index in [4.69, 9.17) is 17.8 Å². The van der Waals surface area contributed by atoms with E-state index in [0.717, 1.165) is 22.9 Å². The first-order chi connectivity index (χ1) is 19.3. The molecule has 42 heavy (non-hydrogen) atoms. The van der Waals surface area contributed by atoms with Crippen LogP contribution in [0.3, 0.4) is 0 Å². The standard InChI is InChI=1S/C17H18BF2N6O13P3/c1-9-7-25(16(28)22-15(9)27)14-6-12(23-24-21)13(37-14)8-36-42(18,35)39-41(33,34)17(19,20)40(31,32)38-11-4-2-10(3-5-11)26(29)30/h2-5,7,12-14H,6,8H2,1H3,(H,31,32)(H,33,34)(H,22,27,28)/q-1/t12-,13+,14+,42-/m0/s1. The molecule has 6 atom stereocenters. The lowest BCUT2D eigenvalue weighted by Crippen LogP contribution is -2.33. The fourth-order valence-electron chi connectivity index (χ4n) is 3.41. The molecule has 1 aliphatic rings. The fraction of sp³-hybridized carbons (Fsp3) is 0.412. The third-order valence-electron chi connectivity index (χ3n) is 5.46. The Labute approximate surface area is 233 Å². The van der Waals surface area contributed by atoms with Crippen LogP contribution in [0.2, 0.25) is 0 Å². The van der Waals surface area contributed by atoms with E-state index in [1.54, 1.807) is 0 Å². The fourth-order valence-corrected chi connectivity index (χ4v) is 7.83. The Morgan fingerprint density at radius 2 is 1.90 bits per heavy atom. The molecular weight excluding hydrogens is 638 g/mol. The number of hydrogen-bond acceptors (Lipinski definition) is 12. The second-order valence-electron chi connectivity index (χ2n) is 8.43. The lowest BCUT2D eigenvalue weighted by atomic mass is 10.1. The van der Waals surface area contributed by atoms with E-state index in [1.165, 1.54) is 6.92 Å².